The van der Waals surface area contributed by atoms with E-state index in [1.807, 2.05) is 31.2 Å². The maximum Gasteiger partial charge on any atom is 0.241 e. The summed E-state index contributed by atoms with van der Waals surface area (Å²) in [5.41, 5.74) is 2.21. The van der Waals surface area contributed by atoms with Crippen molar-refractivity contribution in [2.24, 2.45) is 0 Å². The second-order valence-electron chi connectivity index (χ2n) is 6.95. The molecule has 8 heteroatoms. The van der Waals surface area contributed by atoms with Gasteiger partial charge in [0, 0.05) is 6.26 Å². The second kappa shape index (κ2) is 8.67. The van der Waals surface area contributed by atoms with E-state index >= 15 is 0 Å². The van der Waals surface area contributed by atoms with E-state index in [2.05, 4.69) is 4.72 Å². The van der Waals surface area contributed by atoms with Crippen LogP contribution in [0.3, 0.4) is 0 Å². The minimum absolute atomic E-state index is 0.0262. The van der Waals surface area contributed by atoms with Gasteiger partial charge in [-0.1, -0.05) is 43.3 Å². The fourth-order valence-electron chi connectivity index (χ4n) is 3.05. The highest BCUT2D eigenvalue weighted by Gasteiger charge is 2.24. The predicted molar refractivity (Wildman–Crippen MR) is 114 cm³/mol. The van der Waals surface area contributed by atoms with Gasteiger partial charge in [0.05, 0.1) is 15.8 Å². The first-order valence-corrected chi connectivity index (χ1v) is 12.6. The van der Waals surface area contributed by atoms with Gasteiger partial charge < -0.3 is 0 Å². The maximum absolute atomic E-state index is 13.8. The minimum Gasteiger partial charge on any atom is -0.224 e. The Balaban J connectivity index is 2.01. The average Bonchev–Trinajstić information content (AvgIpc) is 2.72. The van der Waals surface area contributed by atoms with Gasteiger partial charge in [-0.2, -0.15) is 4.72 Å². The van der Waals surface area contributed by atoms with Crippen LogP contribution in [0.5, 0.6) is 0 Å². The zero-order chi connectivity index (χ0) is 21.9. The zero-order valence-corrected chi connectivity index (χ0v) is 18.2. The Hall–Kier alpha value is -2.55. The van der Waals surface area contributed by atoms with Crippen LogP contribution in [0.1, 0.15) is 29.7 Å². The SMILES string of the molecule is CCc1ccc([C@@H](NS(=O)(=O)c2ccc(S(C)(=O)=O)cc2)c2cccc(F)c2)cc1. The molecule has 0 spiro atoms. The lowest BCUT2D eigenvalue weighted by atomic mass is 9.98. The summed E-state index contributed by atoms with van der Waals surface area (Å²) in [5.74, 6) is -0.473. The first-order valence-electron chi connectivity index (χ1n) is 9.27. The molecule has 0 aliphatic carbocycles. The molecule has 0 aliphatic rings. The highest BCUT2D eigenvalue weighted by Crippen LogP contribution is 2.26. The third kappa shape index (κ3) is 5.13. The summed E-state index contributed by atoms with van der Waals surface area (Å²) in [4.78, 5) is -0.0558. The quantitative estimate of drug-likeness (QED) is 0.596. The van der Waals surface area contributed by atoms with Crippen LogP contribution in [0.15, 0.2) is 82.6 Å². The van der Waals surface area contributed by atoms with E-state index in [4.69, 9.17) is 0 Å². The van der Waals surface area contributed by atoms with E-state index in [1.165, 1.54) is 42.5 Å². The van der Waals surface area contributed by atoms with Crippen LogP contribution >= 0.6 is 0 Å². The molecule has 3 rings (SSSR count). The van der Waals surface area contributed by atoms with Crippen LogP contribution in [-0.4, -0.2) is 23.1 Å². The second-order valence-corrected chi connectivity index (χ2v) is 10.7. The number of halogens is 1. The molecule has 0 amide bonds. The number of hydrogen-bond acceptors (Lipinski definition) is 4. The van der Waals surface area contributed by atoms with Crippen LogP contribution in [0, 0.1) is 5.82 Å². The Morgan fingerprint density at radius 3 is 1.97 bits per heavy atom. The highest BCUT2D eigenvalue weighted by atomic mass is 32.2. The summed E-state index contributed by atoms with van der Waals surface area (Å²) in [5, 5.41) is 0. The summed E-state index contributed by atoms with van der Waals surface area (Å²) in [7, 11) is -7.46. The molecule has 5 nitrogen and oxygen atoms in total. The average molecular weight is 448 g/mol. The number of sulfonamides is 1. The van der Waals surface area contributed by atoms with Crippen LogP contribution < -0.4 is 4.72 Å². The number of benzene rings is 3. The fraction of sp³-hybridized carbons (Fsp3) is 0.182. The molecule has 0 aromatic heterocycles. The summed E-state index contributed by atoms with van der Waals surface area (Å²) in [6.45, 7) is 2.02. The Morgan fingerprint density at radius 1 is 0.833 bits per heavy atom. The largest absolute Gasteiger partial charge is 0.241 e. The topological polar surface area (TPSA) is 80.3 Å². The van der Waals surface area contributed by atoms with E-state index in [0.29, 0.717) is 11.1 Å². The fourth-order valence-corrected chi connectivity index (χ4v) is 4.89. The van der Waals surface area contributed by atoms with E-state index < -0.39 is 31.7 Å². The molecule has 0 bridgehead atoms. The van der Waals surface area contributed by atoms with Crippen molar-refractivity contribution in [1.82, 2.24) is 4.72 Å². The van der Waals surface area contributed by atoms with Crippen LogP contribution in [0.25, 0.3) is 0 Å². The van der Waals surface area contributed by atoms with Gasteiger partial charge in [0.2, 0.25) is 10.0 Å². The lowest BCUT2D eigenvalue weighted by molar-refractivity contribution is 0.569. The molecule has 1 atom stereocenters. The van der Waals surface area contributed by atoms with Crippen molar-refractivity contribution in [3.63, 3.8) is 0 Å². The van der Waals surface area contributed by atoms with Gasteiger partial charge in [-0.3, -0.25) is 0 Å². The molecule has 0 unspecified atom stereocenters. The summed E-state index contributed by atoms with van der Waals surface area (Å²) in [6.07, 6.45) is 1.89. The Kier molecular flexibility index (Phi) is 6.40. The van der Waals surface area contributed by atoms with Crippen molar-refractivity contribution in [3.05, 3.63) is 95.3 Å². The molecule has 0 aliphatic heterocycles. The molecular formula is C22H22FNO4S2. The van der Waals surface area contributed by atoms with Crippen molar-refractivity contribution < 1.29 is 21.2 Å². The van der Waals surface area contributed by atoms with E-state index in [1.54, 1.807) is 6.07 Å². The maximum atomic E-state index is 13.8. The summed E-state index contributed by atoms with van der Waals surface area (Å²) >= 11 is 0. The van der Waals surface area contributed by atoms with E-state index in [9.17, 15) is 21.2 Å². The molecule has 30 heavy (non-hydrogen) atoms. The Labute approximate surface area is 176 Å². The zero-order valence-electron chi connectivity index (χ0n) is 16.5. The number of rotatable bonds is 7. The van der Waals surface area contributed by atoms with Gasteiger partial charge in [0.25, 0.3) is 0 Å². The smallest absolute Gasteiger partial charge is 0.224 e. The van der Waals surface area contributed by atoms with Crippen molar-refractivity contribution in [2.45, 2.75) is 29.2 Å². The Morgan fingerprint density at radius 2 is 1.43 bits per heavy atom. The molecule has 0 fully saturated rings. The number of hydrogen-bond donors (Lipinski definition) is 1. The lowest BCUT2D eigenvalue weighted by Gasteiger charge is -2.20. The molecule has 158 valence electrons. The predicted octanol–water partition coefficient (Wildman–Crippen LogP) is 3.86. The number of nitrogens with one attached hydrogen (secondary N) is 1. The molecule has 1 N–H and O–H groups in total. The molecule has 0 radical (unpaired) electrons. The van der Waals surface area contributed by atoms with Gasteiger partial charge in [-0.25, -0.2) is 21.2 Å². The van der Waals surface area contributed by atoms with Crippen molar-refractivity contribution in [2.75, 3.05) is 6.26 Å². The van der Waals surface area contributed by atoms with Crippen LogP contribution in [0.2, 0.25) is 0 Å². The first-order chi connectivity index (χ1) is 14.1. The molecule has 3 aromatic carbocycles. The van der Waals surface area contributed by atoms with Gasteiger partial charge in [-0.05, 0) is 59.5 Å². The Bertz CT molecular complexity index is 1240. The van der Waals surface area contributed by atoms with Gasteiger partial charge in [0.1, 0.15) is 5.82 Å². The van der Waals surface area contributed by atoms with Crippen molar-refractivity contribution >= 4 is 19.9 Å². The number of aryl methyl sites for hydroxylation is 1. The molecule has 0 saturated heterocycles. The molecule has 3 aromatic rings. The van der Waals surface area contributed by atoms with Crippen molar-refractivity contribution in [1.29, 1.82) is 0 Å². The standard InChI is InChI=1S/C22H22FNO4S2/c1-3-16-7-9-17(10-8-16)22(18-5-4-6-19(23)15-18)24-30(27,28)21-13-11-20(12-14-21)29(2,25)26/h4-15,22,24H,3H2,1-2H3/t22-/m1/s1. The molecule has 0 heterocycles. The summed E-state index contributed by atoms with van der Waals surface area (Å²) in [6, 6.07) is 17.3. The number of sulfone groups is 1. The molecule has 0 saturated carbocycles. The monoisotopic (exact) mass is 447 g/mol. The summed E-state index contributed by atoms with van der Waals surface area (Å²) < 4.78 is 65.7. The normalized spacial score (nSPS) is 13.2. The van der Waals surface area contributed by atoms with E-state index in [-0.39, 0.29) is 9.79 Å². The van der Waals surface area contributed by atoms with Gasteiger partial charge in [-0.15, -0.1) is 0 Å². The first kappa shape index (κ1) is 22.1. The van der Waals surface area contributed by atoms with E-state index in [0.717, 1.165) is 18.2 Å². The van der Waals surface area contributed by atoms with Gasteiger partial charge in [0.15, 0.2) is 9.84 Å². The van der Waals surface area contributed by atoms with Gasteiger partial charge >= 0.3 is 0 Å². The van der Waals surface area contributed by atoms with Crippen LogP contribution in [0.4, 0.5) is 4.39 Å². The highest BCUT2D eigenvalue weighted by molar-refractivity contribution is 7.90. The third-order valence-corrected chi connectivity index (χ3v) is 7.31. The van der Waals surface area contributed by atoms with Crippen LogP contribution in [-0.2, 0) is 26.3 Å². The minimum atomic E-state index is -4.01. The third-order valence-electron chi connectivity index (χ3n) is 4.74. The molecular weight excluding hydrogens is 425 g/mol. The lowest BCUT2D eigenvalue weighted by Crippen LogP contribution is -2.29. The van der Waals surface area contributed by atoms with Crippen molar-refractivity contribution in [3.8, 4) is 0 Å².